The average molecular weight is 239 g/mol. The Hall–Kier alpha value is -0.980. The fourth-order valence-corrected chi connectivity index (χ4v) is 1.73. The molecule has 16 heavy (non-hydrogen) atoms. The summed E-state index contributed by atoms with van der Waals surface area (Å²) >= 11 is 0. The Bertz CT molecular complexity index is 245. The summed E-state index contributed by atoms with van der Waals surface area (Å²) < 4.78 is 35.6. The van der Waals surface area contributed by atoms with Gasteiger partial charge in [0.05, 0.1) is 0 Å². The Balaban J connectivity index is 2.36. The van der Waals surface area contributed by atoms with Crippen LogP contribution in [0.1, 0.15) is 12.8 Å². The highest BCUT2D eigenvalue weighted by atomic mass is 19.4. The van der Waals surface area contributed by atoms with Crippen molar-refractivity contribution >= 4 is 6.03 Å². The van der Waals surface area contributed by atoms with E-state index in [1.165, 1.54) is 4.90 Å². The fraction of sp³-hybridized carbons (Fsp3) is 0.889. The first-order valence-electron chi connectivity index (χ1n) is 5.22. The summed E-state index contributed by atoms with van der Waals surface area (Å²) in [7, 11) is 0. The van der Waals surface area contributed by atoms with Crippen LogP contribution in [0.25, 0.3) is 0 Å². The number of carbonyl (C=O) groups excluding carboxylic acids is 1. The van der Waals surface area contributed by atoms with E-state index in [1.54, 1.807) is 0 Å². The molecule has 3 N–H and O–H groups in total. The van der Waals surface area contributed by atoms with Gasteiger partial charge in [0, 0.05) is 13.1 Å². The van der Waals surface area contributed by atoms with Crippen molar-refractivity contribution in [2.45, 2.75) is 19.0 Å². The number of halogens is 3. The van der Waals surface area contributed by atoms with E-state index in [2.05, 4.69) is 0 Å². The first-order chi connectivity index (χ1) is 7.42. The molecule has 0 bridgehead atoms. The Morgan fingerprint density at radius 2 is 2.19 bits per heavy atom. The molecular weight excluding hydrogens is 223 g/mol. The second kappa shape index (κ2) is 5.38. The van der Waals surface area contributed by atoms with Gasteiger partial charge in [0.25, 0.3) is 0 Å². The van der Waals surface area contributed by atoms with Gasteiger partial charge in [-0.15, -0.1) is 0 Å². The number of likely N-dealkylation sites (tertiary alicyclic amines) is 1. The Morgan fingerprint density at radius 3 is 2.75 bits per heavy atom. The summed E-state index contributed by atoms with van der Waals surface area (Å²) in [4.78, 5) is 12.8. The minimum Gasteiger partial charge on any atom is -0.330 e. The topological polar surface area (TPSA) is 58.4 Å². The van der Waals surface area contributed by atoms with Gasteiger partial charge in [-0.25, -0.2) is 4.79 Å². The standard InChI is InChI=1S/C9H16F3N3O/c10-9(11,12)6-14-8(16)15-3-1-2-7(4-13)5-15/h7H,1-6,13H2,(H,14,16). The van der Waals surface area contributed by atoms with Crippen LogP contribution in [-0.4, -0.2) is 43.3 Å². The van der Waals surface area contributed by atoms with Crippen LogP contribution in [0.3, 0.4) is 0 Å². The van der Waals surface area contributed by atoms with Crippen molar-refractivity contribution in [2.24, 2.45) is 11.7 Å². The molecule has 1 aliphatic rings. The number of piperidine rings is 1. The lowest BCUT2D eigenvalue weighted by atomic mass is 9.99. The molecule has 1 fully saturated rings. The second-order valence-corrected chi connectivity index (χ2v) is 3.96. The predicted octanol–water partition coefficient (Wildman–Crippen LogP) is 0.929. The summed E-state index contributed by atoms with van der Waals surface area (Å²) in [5.74, 6) is 0.199. The molecule has 0 saturated carbocycles. The monoisotopic (exact) mass is 239 g/mol. The fourth-order valence-electron chi connectivity index (χ4n) is 1.73. The van der Waals surface area contributed by atoms with Crippen molar-refractivity contribution in [2.75, 3.05) is 26.2 Å². The number of hydrogen-bond donors (Lipinski definition) is 2. The Morgan fingerprint density at radius 1 is 1.50 bits per heavy atom. The number of urea groups is 1. The van der Waals surface area contributed by atoms with Gasteiger partial charge in [-0.2, -0.15) is 13.2 Å². The molecule has 1 aliphatic heterocycles. The first kappa shape index (κ1) is 13.1. The molecule has 0 aromatic carbocycles. The lowest BCUT2D eigenvalue weighted by molar-refractivity contribution is -0.123. The maximum absolute atomic E-state index is 11.9. The van der Waals surface area contributed by atoms with E-state index < -0.39 is 18.8 Å². The number of nitrogens with two attached hydrogens (primary N) is 1. The van der Waals surface area contributed by atoms with Crippen LogP contribution in [-0.2, 0) is 0 Å². The van der Waals surface area contributed by atoms with Crippen LogP contribution in [0, 0.1) is 5.92 Å². The molecule has 1 heterocycles. The zero-order chi connectivity index (χ0) is 12.2. The highest BCUT2D eigenvalue weighted by molar-refractivity contribution is 5.74. The largest absolute Gasteiger partial charge is 0.405 e. The number of carbonyl (C=O) groups is 1. The van der Waals surface area contributed by atoms with Gasteiger partial charge >= 0.3 is 12.2 Å². The van der Waals surface area contributed by atoms with Crippen molar-refractivity contribution in [1.29, 1.82) is 0 Å². The maximum Gasteiger partial charge on any atom is 0.405 e. The third kappa shape index (κ3) is 4.26. The van der Waals surface area contributed by atoms with Crippen LogP contribution >= 0.6 is 0 Å². The van der Waals surface area contributed by atoms with Gasteiger partial charge in [0.2, 0.25) is 0 Å². The first-order valence-corrected chi connectivity index (χ1v) is 5.22. The average Bonchev–Trinajstić information content (AvgIpc) is 2.25. The minimum atomic E-state index is -4.36. The van der Waals surface area contributed by atoms with Gasteiger partial charge < -0.3 is 16.0 Å². The van der Waals surface area contributed by atoms with E-state index in [0.29, 0.717) is 19.6 Å². The predicted molar refractivity (Wildman–Crippen MR) is 52.8 cm³/mol. The van der Waals surface area contributed by atoms with E-state index >= 15 is 0 Å². The number of alkyl halides is 3. The molecule has 0 radical (unpaired) electrons. The van der Waals surface area contributed by atoms with Gasteiger partial charge in [-0.05, 0) is 25.3 Å². The van der Waals surface area contributed by atoms with Crippen molar-refractivity contribution < 1.29 is 18.0 Å². The van der Waals surface area contributed by atoms with E-state index in [9.17, 15) is 18.0 Å². The number of hydrogen-bond acceptors (Lipinski definition) is 2. The quantitative estimate of drug-likeness (QED) is 0.753. The molecule has 1 rings (SSSR count). The van der Waals surface area contributed by atoms with Gasteiger partial charge in [0.1, 0.15) is 6.54 Å². The summed E-state index contributed by atoms with van der Waals surface area (Å²) in [5, 5.41) is 1.86. The Labute approximate surface area is 92.0 Å². The van der Waals surface area contributed by atoms with E-state index in [0.717, 1.165) is 12.8 Å². The van der Waals surface area contributed by atoms with E-state index in [-0.39, 0.29) is 5.92 Å². The normalized spacial score (nSPS) is 22.0. The van der Waals surface area contributed by atoms with E-state index in [4.69, 9.17) is 5.73 Å². The number of nitrogens with zero attached hydrogens (tertiary/aromatic N) is 1. The van der Waals surface area contributed by atoms with Gasteiger partial charge in [-0.1, -0.05) is 0 Å². The molecule has 0 aromatic heterocycles. The highest BCUT2D eigenvalue weighted by Gasteiger charge is 2.30. The summed E-state index contributed by atoms with van der Waals surface area (Å²) in [6.07, 6.45) is -2.64. The van der Waals surface area contributed by atoms with E-state index in [1.807, 2.05) is 5.32 Å². The van der Waals surface area contributed by atoms with Crippen LogP contribution in [0.15, 0.2) is 0 Å². The molecule has 94 valence electrons. The number of amides is 2. The molecular formula is C9H16F3N3O. The molecule has 1 atom stereocenters. The zero-order valence-corrected chi connectivity index (χ0v) is 8.89. The molecule has 4 nitrogen and oxygen atoms in total. The minimum absolute atomic E-state index is 0.199. The van der Waals surface area contributed by atoms with Crippen LogP contribution < -0.4 is 11.1 Å². The van der Waals surface area contributed by atoms with Gasteiger partial charge in [-0.3, -0.25) is 0 Å². The summed E-state index contributed by atoms with van der Waals surface area (Å²) in [6.45, 7) is 0.124. The van der Waals surface area contributed by atoms with Crippen molar-refractivity contribution in [3.05, 3.63) is 0 Å². The highest BCUT2D eigenvalue weighted by Crippen LogP contribution is 2.16. The molecule has 1 unspecified atom stereocenters. The van der Waals surface area contributed by atoms with Crippen molar-refractivity contribution in [1.82, 2.24) is 10.2 Å². The summed E-state index contributed by atoms with van der Waals surface area (Å²) in [5.41, 5.74) is 5.47. The third-order valence-electron chi connectivity index (χ3n) is 2.58. The van der Waals surface area contributed by atoms with Crippen LogP contribution in [0.5, 0.6) is 0 Å². The third-order valence-corrected chi connectivity index (χ3v) is 2.58. The molecule has 7 heteroatoms. The number of nitrogens with one attached hydrogen (secondary N) is 1. The van der Waals surface area contributed by atoms with Crippen LogP contribution in [0.4, 0.5) is 18.0 Å². The number of rotatable bonds is 2. The molecule has 2 amide bonds. The van der Waals surface area contributed by atoms with Crippen molar-refractivity contribution in [3.63, 3.8) is 0 Å². The lowest BCUT2D eigenvalue weighted by Gasteiger charge is -2.32. The summed E-state index contributed by atoms with van der Waals surface area (Å²) in [6, 6.07) is -0.657. The molecule has 0 aromatic rings. The Kier molecular flexibility index (Phi) is 4.40. The SMILES string of the molecule is NCC1CCCN(C(=O)NCC(F)(F)F)C1. The van der Waals surface area contributed by atoms with Gasteiger partial charge in [0.15, 0.2) is 0 Å². The second-order valence-electron chi connectivity index (χ2n) is 3.96. The van der Waals surface area contributed by atoms with Crippen LogP contribution in [0.2, 0.25) is 0 Å². The molecule has 0 aliphatic carbocycles. The zero-order valence-electron chi connectivity index (χ0n) is 8.89. The molecule has 0 spiro atoms. The smallest absolute Gasteiger partial charge is 0.330 e. The lowest BCUT2D eigenvalue weighted by Crippen LogP contribution is -2.48. The maximum atomic E-state index is 11.9. The molecule has 1 saturated heterocycles. The van der Waals surface area contributed by atoms with Crippen molar-refractivity contribution in [3.8, 4) is 0 Å².